The smallest absolute Gasteiger partial charge is 0.241 e. The predicted molar refractivity (Wildman–Crippen MR) is 103 cm³/mol. The van der Waals surface area contributed by atoms with Crippen molar-refractivity contribution >= 4 is 17.5 Å². The molecule has 0 bridgehead atoms. The number of amides is 2. The number of nitrogens with zero attached hydrogens (tertiary/aromatic N) is 4. The minimum absolute atomic E-state index is 0.160. The Bertz CT molecular complexity index is 682. The zero-order valence-electron chi connectivity index (χ0n) is 15.8. The lowest BCUT2D eigenvalue weighted by atomic mass is 10.2. The fraction of sp³-hybridized carbons (Fsp3) is 0.600. The van der Waals surface area contributed by atoms with Crippen LogP contribution in [0.1, 0.15) is 5.56 Å². The fourth-order valence-electron chi connectivity index (χ4n) is 4.08. The van der Waals surface area contributed by atoms with Crippen LogP contribution in [-0.2, 0) is 20.7 Å². The summed E-state index contributed by atoms with van der Waals surface area (Å²) in [6, 6.07) is 8.15. The maximum atomic E-state index is 12.7. The largest absolute Gasteiger partial charge is 0.379 e. The van der Waals surface area contributed by atoms with E-state index in [1.807, 2.05) is 28.0 Å². The van der Waals surface area contributed by atoms with Crippen molar-refractivity contribution in [2.24, 2.45) is 0 Å². The monoisotopic (exact) mass is 372 g/mol. The highest BCUT2D eigenvalue weighted by atomic mass is 16.5. The van der Waals surface area contributed by atoms with Gasteiger partial charge in [-0.25, -0.2) is 0 Å². The van der Waals surface area contributed by atoms with Gasteiger partial charge in [-0.2, -0.15) is 0 Å². The molecule has 7 nitrogen and oxygen atoms in total. The molecule has 1 aromatic carbocycles. The van der Waals surface area contributed by atoms with Crippen molar-refractivity contribution in [3.63, 3.8) is 0 Å². The van der Waals surface area contributed by atoms with Crippen LogP contribution in [0.25, 0.3) is 0 Å². The van der Waals surface area contributed by atoms with Crippen molar-refractivity contribution < 1.29 is 14.3 Å². The molecule has 0 N–H and O–H groups in total. The number of carbonyl (C=O) groups is 2. The Hall–Kier alpha value is -1.96. The third kappa shape index (κ3) is 4.31. The lowest BCUT2D eigenvalue weighted by molar-refractivity contribution is -0.135. The zero-order chi connectivity index (χ0) is 18.6. The van der Waals surface area contributed by atoms with E-state index in [0.29, 0.717) is 39.4 Å². The molecule has 2 amide bonds. The van der Waals surface area contributed by atoms with Crippen molar-refractivity contribution in [2.45, 2.75) is 6.42 Å². The van der Waals surface area contributed by atoms with E-state index < -0.39 is 0 Å². The maximum absolute atomic E-state index is 12.7. The summed E-state index contributed by atoms with van der Waals surface area (Å²) in [6.07, 6.45) is 0.936. The first kappa shape index (κ1) is 18.4. The highest BCUT2D eigenvalue weighted by Crippen LogP contribution is 2.27. The normalized spacial score (nSPS) is 21.3. The van der Waals surface area contributed by atoms with Crippen molar-refractivity contribution in [1.29, 1.82) is 0 Å². The fourth-order valence-corrected chi connectivity index (χ4v) is 4.08. The molecule has 0 spiro atoms. The van der Waals surface area contributed by atoms with E-state index in [9.17, 15) is 9.59 Å². The van der Waals surface area contributed by atoms with Gasteiger partial charge in [0.25, 0.3) is 0 Å². The van der Waals surface area contributed by atoms with Gasteiger partial charge in [-0.15, -0.1) is 0 Å². The molecule has 0 radical (unpaired) electrons. The Labute approximate surface area is 160 Å². The molecule has 1 aromatic rings. The van der Waals surface area contributed by atoms with Gasteiger partial charge < -0.3 is 14.5 Å². The van der Waals surface area contributed by atoms with Crippen LogP contribution >= 0.6 is 0 Å². The molecule has 0 saturated carbocycles. The minimum Gasteiger partial charge on any atom is -0.379 e. The number of hydrogen-bond donors (Lipinski definition) is 0. The van der Waals surface area contributed by atoms with E-state index >= 15 is 0 Å². The molecule has 27 heavy (non-hydrogen) atoms. The lowest BCUT2D eigenvalue weighted by Gasteiger charge is -2.36. The average molecular weight is 372 g/mol. The van der Waals surface area contributed by atoms with Crippen molar-refractivity contribution in [3.05, 3.63) is 29.8 Å². The lowest BCUT2D eigenvalue weighted by Crippen LogP contribution is -2.53. The molecule has 146 valence electrons. The van der Waals surface area contributed by atoms with Gasteiger partial charge in [-0.3, -0.25) is 19.4 Å². The Morgan fingerprint density at radius 1 is 0.815 bits per heavy atom. The molecule has 0 aromatic heterocycles. The van der Waals surface area contributed by atoms with Crippen LogP contribution in [0, 0.1) is 0 Å². The second-order valence-electron chi connectivity index (χ2n) is 7.47. The molecule has 0 aliphatic carbocycles. The van der Waals surface area contributed by atoms with E-state index in [2.05, 4.69) is 15.9 Å². The summed E-state index contributed by atoms with van der Waals surface area (Å²) in [5, 5.41) is 0. The summed E-state index contributed by atoms with van der Waals surface area (Å²) in [7, 11) is 0. The molecule has 3 aliphatic rings. The summed E-state index contributed by atoms with van der Waals surface area (Å²) in [6.45, 7) is 7.69. The van der Waals surface area contributed by atoms with E-state index in [-0.39, 0.29) is 11.8 Å². The maximum Gasteiger partial charge on any atom is 0.241 e. The third-order valence-electron chi connectivity index (χ3n) is 5.73. The number of fused-ring (bicyclic) bond motifs is 1. The van der Waals surface area contributed by atoms with E-state index in [1.54, 1.807) is 0 Å². The summed E-state index contributed by atoms with van der Waals surface area (Å²) in [4.78, 5) is 33.4. The second-order valence-corrected chi connectivity index (χ2v) is 7.47. The molecule has 3 aliphatic heterocycles. The first-order chi connectivity index (χ1) is 13.2. The quantitative estimate of drug-likeness (QED) is 0.748. The van der Waals surface area contributed by atoms with Crippen LogP contribution in [0.2, 0.25) is 0 Å². The topological polar surface area (TPSA) is 56.3 Å². The Balaban J connectivity index is 1.24. The van der Waals surface area contributed by atoms with Crippen LogP contribution in [0.4, 0.5) is 5.69 Å². The summed E-state index contributed by atoms with van der Waals surface area (Å²) in [5.41, 5.74) is 2.31. The number of ether oxygens (including phenoxy) is 1. The van der Waals surface area contributed by atoms with Gasteiger partial charge in [-0.1, -0.05) is 18.2 Å². The van der Waals surface area contributed by atoms with Gasteiger partial charge in [0.15, 0.2) is 0 Å². The van der Waals surface area contributed by atoms with Crippen LogP contribution < -0.4 is 4.90 Å². The molecule has 0 unspecified atom stereocenters. The SMILES string of the molecule is O=C(CN1CCOCC1)N1CCN(CC(=O)N2CCc3ccccc32)CC1. The van der Waals surface area contributed by atoms with Crippen LogP contribution in [0.3, 0.4) is 0 Å². The first-order valence-corrected chi connectivity index (χ1v) is 9.89. The zero-order valence-corrected chi connectivity index (χ0v) is 15.8. The van der Waals surface area contributed by atoms with Gasteiger partial charge >= 0.3 is 0 Å². The van der Waals surface area contributed by atoms with Crippen LogP contribution in [0.5, 0.6) is 0 Å². The van der Waals surface area contributed by atoms with Crippen molar-refractivity contribution in [2.75, 3.05) is 77.0 Å². The highest BCUT2D eigenvalue weighted by Gasteiger charge is 2.28. The van der Waals surface area contributed by atoms with Crippen LogP contribution in [0.15, 0.2) is 24.3 Å². The molecule has 4 rings (SSSR count). The summed E-state index contributed by atoms with van der Waals surface area (Å²) >= 11 is 0. The van der Waals surface area contributed by atoms with Gasteiger partial charge in [-0.05, 0) is 18.1 Å². The minimum atomic E-state index is 0.160. The van der Waals surface area contributed by atoms with E-state index in [1.165, 1.54) is 5.56 Å². The molecular weight excluding hydrogens is 344 g/mol. The third-order valence-corrected chi connectivity index (χ3v) is 5.73. The van der Waals surface area contributed by atoms with E-state index in [0.717, 1.165) is 44.8 Å². The number of para-hydroxylation sites is 1. The summed E-state index contributed by atoms with van der Waals surface area (Å²) in [5.74, 6) is 0.351. The van der Waals surface area contributed by atoms with E-state index in [4.69, 9.17) is 4.74 Å². The number of piperazine rings is 1. The van der Waals surface area contributed by atoms with Gasteiger partial charge in [0.1, 0.15) is 0 Å². The first-order valence-electron chi connectivity index (χ1n) is 9.89. The van der Waals surface area contributed by atoms with Gasteiger partial charge in [0.2, 0.25) is 11.8 Å². The number of rotatable bonds is 4. The molecule has 7 heteroatoms. The molecule has 2 fully saturated rings. The molecule has 3 heterocycles. The van der Waals surface area contributed by atoms with Crippen LogP contribution in [-0.4, -0.2) is 98.6 Å². The Kier molecular flexibility index (Phi) is 5.71. The predicted octanol–water partition coefficient (Wildman–Crippen LogP) is 0.0521. The van der Waals surface area contributed by atoms with Gasteiger partial charge in [0.05, 0.1) is 26.3 Å². The molecule has 2 saturated heterocycles. The molecular formula is C20H28N4O3. The standard InChI is InChI=1S/C20H28N4O3/c25-19(15-22-11-13-27-14-12-22)23-9-7-21(8-10-23)16-20(26)24-6-5-17-3-1-2-4-18(17)24/h1-4H,5-16H2. The number of carbonyl (C=O) groups excluding carboxylic acids is 2. The van der Waals surface area contributed by atoms with Crippen molar-refractivity contribution in [1.82, 2.24) is 14.7 Å². The second kappa shape index (κ2) is 8.37. The Morgan fingerprint density at radius 2 is 1.48 bits per heavy atom. The van der Waals surface area contributed by atoms with Gasteiger partial charge in [0, 0.05) is 51.5 Å². The number of benzene rings is 1. The van der Waals surface area contributed by atoms with Crippen molar-refractivity contribution in [3.8, 4) is 0 Å². The highest BCUT2D eigenvalue weighted by molar-refractivity contribution is 5.96. The summed E-state index contributed by atoms with van der Waals surface area (Å²) < 4.78 is 5.33. The number of hydrogen-bond acceptors (Lipinski definition) is 5. The number of anilines is 1. The molecule has 0 atom stereocenters. The average Bonchev–Trinajstić information content (AvgIpc) is 3.13. The number of morpholine rings is 1. The Morgan fingerprint density at radius 3 is 2.26 bits per heavy atom.